The smallest absolute Gasteiger partial charge is 0.243 e. The van der Waals surface area contributed by atoms with Crippen molar-refractivity contribution in [2.75, 3.05) is 47.0 Å². The van der Waals surface area contributed by atoms with Gasteiger partial charge in [0.1, 0.15) is 12.4 Å². The van der Waals surface area contributed by atoms with Gasteiger partial charge in [-0.25, -0.2) is 8.42 Å². The van der Waals surface area contributed by atoms with Gasteiger partial charge in [-0.3, -0.25) is 0 Å². The van der Waals surface area contributed by atoms with E-state index in [-0.39, 0.29) is 0 Å². The number of benzene rings is 1. The van der Waals surface area contributed by atoms with Crippen LogP contribution in [0.4, 0.5) is 0 Å². The number of hydrogen-bond acceptors (Lipinski definition) is 5. The number of nitrogens with zero attached hydrogens (tertiary/aromatic N) is 1. The average Bonchev–Trinajstić information content (AvgIpc) is 2.98. The summed E-state index contributed by atoms with van der Waals surface area (Å²) in [6, 6.07) is 6.57. The van der Waals surface area contributed by atoms with Gasteiger partial charge in [0, 0.05) is 20.2 Å². The second kappa shape index (κ2) is 7.92. The number of rotatable bonds is 8. The summed E-state index contributed by atoms with van der Waals surface area (Å²) >= 11 is 0. The fourth-order valence-electron chi connectivity index (χ4n) is 2.57. The zero-order valence-electron chi connectivity index (χ0n) is 13.1. The second-order valence-electron chi connectivity index (χ2n) is 5.39. The lowest BCUT2D eigenvalue weighted by Gasteiger charge is -2.17. The van der Waals surface area contributed by atoms with Crippen LogP contribution in [-0.4, -0.2) is 59.7 Å². The molecular formula is C15H24N2O4S. The Morgan fingerprint density at radius 3 is 2.64 bits per heavy atom. The van der Waals surface area contributed by atoms with Gasteiger partial charge in [-0.05, 0) is 50.2 Å². The molecule has 0 aromatic heterocycles. The highest BCUT2D eigenvalue weighted by molar-refractivity contribution is 7.89. The maximum atomic E-state index is 12.6. The van der Waals surface area contributed by atoms with Crippen molar-refractivity contribution in [3.8, 4) is 5.75 Å². The molecule has 1 atom stereocenters. The third kappa shape index (κ3) is 4.19. The first-order chi connectivity index (χ1) is 10.6. The summed E-state index contributed by atoms with van der Waals surface area (Å²) in [5.74, 6) is 1.03. The van der Waals surface area contributed by atoms with E-state index in [0.717, 1.165) is 13.0 Å². The maximum absolute atomic E-state index is 12.6. The molecule has 0 amide bonds. The Balaban J connectivity index is 2.00. The van der Waals surface area contributed by atoms with Crippen molar-refractivity contribution >= 4 is 10.0 Å². The first-order valence-electron chi connectivity index (χ1n) is 7.44. The molecule has 1 aromatic carbocycles. The zero-order valence-corrected chi connectivity index (χ0v) is 13.9. The van der Waals surface area contributed by atoms with Crippen molar-refractivity contribution in [2.45, 2.75) is 11.3 Å². The van der Waals surface area contributed by atoms with Gasteiger partial charge in [0.25, 0.3) is 0 Å². The number of sulfonamides is 1. The number of hydrogen-bond donors (Lipinski definition) is 1. The molecule has 1 N–H and O–H groups in total. The SMILES string of the molecule is CNCC1CCN(S(=O)(=O)c2ccc(OCCOC)cc2)C1. The van der Waals surface area contributed by atoms with E-state index < -0.39 is 10.0 Å². The van der Waals surface area contributed by atoms with E-state index >= 15 is 0 Å². The standard InChI is InChI=1S/C15H24N2O4S/c1-16-11-13-7-8-17(12-13)22(18,19)15-5-3-14(4-6-15)21-10-9-20-2/h3-6,13,16H,7-12H2,1-2H3. The minimum absolute atomic E-state index is 0.316. The molecule has 22 heavy (non-hydrogen) atoms. The van der Waals surface area contributed by atoms with E-state index in [1.165, 1.54) is 0 Å². The van der Waals surface area contributed by atoms with Crippen LogP contribution in [0.15, 0.2) is 29.2 Å². The second-order valence-corrected chi connectivity index (χ2v) is 7.33. The lowest BCUT2D eigenvalue weighted by Crippen LogP contribution is -2.30. The van der Waals surface area contributed by atoms with Crippen LogP contribution in [-0.2, 0) is 14.8 Å². The summed E-state index contributed by atoms with van der Waals surface area (Å²) in [5.41, 5.74) is 0. The molecule has 0 saturated carbocycles. The summed E-state index contributed by atoms with van der Waals surface area (Å²) in [6.45, 7) is 2.95. The van der Waals surface area contributed by atoms with Gasteiger partial charge in [0.15, 0.2) is 0 Å². The van der Waals surface area contributed by atoms with Crippen LogP contribution in [0.2, 0.25) is 0 Å². The largest absolute Gasteiger partial charge is 0.491 e. The molecule has 7 heteroatoms. The monoisotopic (exact) mass is 328 g/mol. The van der Waals surface area contributed by atoms with Crippen LogP contribution in [0.5, 0.6) is 5.75 Å². The quantitative estimate of drug-likeness (QED) is 0.720. The Morgan fingerprint density at radius 1 is 1.27 bits per heavy atom. The van der Waals surface area contributed by atoms with Crippen molar-refractivity contribution in [1.82, 2.24) is 9.62 Å². The first kappa shape index (κ1) is 17.2. The van der Waals surface area contributed by atoms with Crippen LogP contribution < -0.4 is 10.1 Å². The highest BCUT2D eigenvalue weighted by Gasteiger charge is 2.32. The molecular weight excluding hydrogens is 304 g/mol. The van der Waals surface area contributed by atoms with E-state index in [4.69, 9.17) is 9.47 Å². The third-order valence-electron chi connectivity index (χ3n) is 3.76. The zero-order chi connectivity index (χ0) is 16.0. The summed E-state index contributed by atoms with van der Waals surface area (Å²) in [4.78, 5) is 0.316. The minimum Gasteiger partial charge on any atom is -0.491 e. The maximum Gasteiger partial charge on any atom is 0.243 e. The summed E-state index contributed by atoms with van der Waals surface area (Å²) in [7, 11) is 0.0894. The van der Waals surface area contributed by atoms with Gasteiger partial charge in [-0.15, -0.1) is 0 Å². The highest BCUT2D eigenvalue weighted by atomic mass is 32.2. The van der Waals surface area contributed by atoms with Crippen molar-refractivity contribution in [3.63, 3.8) is 0 Å². The molecule has 1 aliphatic rings. The van der Waals surface area contributed by atoms with Gasteiger partial charge in [0.2, 0.25) is 10.0 Å². The highest BCUT2D eigenvalue weighted by Crippen LogP contribution is 2.25. The topological polar surface area (TPSA) is 67.9 Å². The summed E-state index contributed by atoms with van der Waals surface area (Å²) < 4.78 is 37.1. The first-order valence-corrected chi connectivity index (χ1v) is 8.88. The Hall–Kier alpha value is -1.15. The Kier molecular flexibility index (Phi) is 6.19. The van der Waals surface area contributed by atoms with Crippen LogP contribution in [0.25, 0.3) is 0 Å². The van der Waals surface area contributed by atoms with E-state index in [9.17, 15) is 8.42 Å². The molecule has 2 rings (SSSR count). The van der Waals surface area contributed by atoms with Crippen molar-refractivity contribution in [2.24, 2.45) is 5.92 Å². The number of methoxy groups -OCH3 is 1. The molecule has 0 spiro atoms. The van der Waals surface area contributed by atoms with E-state index in [1.807, 2.05) is 7.05 Å². The van der Waals surface area contributed by atoms with Crippen molar-refractivity contribution in [1.29, 1.82) is 0 Å². The molecule has 1 fully saturated rings. The predicted molar refractivity (Wildman–Crippen MR) is 84.6 cm³/mol. The molecule has 6 nitrogen and oxygen atoms in total. The van der Waals surface area contributed by atoms with Gasteiger partial charge < -0.3 is 14.8 Å². The van der Waals surface area contributed by atoms with Gasteiger partial charge in [-0.1, -0.05) is 0 Å². The van der Waals surface area contributed by atoms with Crippen LogP contribution in [0.1, 0.15) is 6.42 Å². The molecule has 1 aromatic rings. The fourth-order valence-corrected chi connectivity index (χ4v) is 4.10. The molecule has 1 aliphatic heterocycles. The lowest BCUT2D eigenvalue weighted by atomic mass is 10.1. The van der Waals surface area contributed by atoms with E-state index in [1.54, 1.807) is 35.7 Å². The normalized spacial score (nSPS) is 19.5. The molecule has 0 aliphatic carbocycles. The minimum atomic E-state index is -3.41. The molecule has 0 radical (unpaired) electrons. The molecule has 1 heterocycles. The molecule has 0 bridgehead atoms. The fraction of sp³-hybridized carbons (Fsp3) is 0.600. The molecule has 1 unspecified atom stereocenters. The third-order valence-corrected chi connectivity index (χ3v) is 5.64. The Morgan fingerprint density at radius 2 is 2.00 bits per heavy atom. The Bertz CT molecular complexity index is 559. The number of ether oxygens (including phenoxy) is 2. The van der Waals surface area contributed by atoms with Crippen LogP contribution in [0, 0.1) is 5.92 Å². The molecule has 124 valence electrons. The van der Waals surface area contributed by atoms with Crippen LogP contribution in [0.3, 0.4) is 0 Å². The van der Waals surface area contributed by atoms with Gasteiger partial charge in [0.05, 0.1) is 11.5 Å². The lowest BCUT2D eigenvalue weighted by molar-refractivity contribution is 0.146. The van der Waals surface area contributed by atoms with Crippen molar-refractivity contribution < 1.29 is 17.9 Å². The van der Waals surface area contributed by atoms with Crippen molar-refractivity contribution in [3.05, 3.63) is 24.3 Å². The molecule has 1 saturated heterocycles. The summed E-state index contributed by atoms with van der Waals surface area (Å²) in [6.07, 6.45) is 0.901. The number of nitrogens with one attached hydrogen (secondary N) is 1. The average molecular weight is 328 g/mol. The van der Waals surface area contributed by atoms with Gasteiger partial charge in [-0.2, -0.15) is 4.31 Å². The van der Waals surface area contributed by atoms with E-state index in [2.05, 4.69) is 5.32 Å². The Labute approximate surface area is 132 Å². The summed E-state index contributed by atoms with van der Waals surface area (Å²) in [5, 5.41) is 3.10. The predicted octanol–water partition coefficient (Wildman–Crippen LogP) is 0.942. The van der Waals surface area contributed by atoms with Gasteiger partial charge >= 0.3 is 0 Å². The van der Waals surface area contributed by atoms with Crippen LogP contribution >= 0.6 is 0 Å². The van der Waals surface area contributed by atoms with E-state index in [0.29, 0.717) is 42.9 Å².